The van der Waals surface area contributed by atoms with Crippen molar-refractivity contribution in [2.24, 2.45) is 11.5 Å². The Labute approximate surface area is 711 Å². The van der Waals surface area contributed by atoms with Crippen LogP contribution < -0.4 is 137 Å². The fraction of sp³-hybridized carbons (Fsp3) is 0.421. The molecule has 628 valence electrons. The molecule has 0 saturated carbocycles. The monoisotopic (exact) mass is 1750 g/mol. The van der Waals surface area contributed by atoms with Crippen LogP contribution in [0, 0.1) is 0 Å². The topological polar surface area (TPSA) is 832 Å². The largest absolute Gasteiger partial charge is 1.00 e. The number of imide groups is 2. The fourth-order valence-electron chi connectivity index (χ4n) is 5.90. The number of Topliss-reactive ketones (excluding diaryl/α,β-unsaturated/α-hetero) is 1. The van der Waals surface area contributed by atoms with Gasteiger partial charge in [-0.2, -0.15) is 0 Å². The minimum absolute atomic E-state index is 0. The number of phenols is 4. The standard InChI is InChI=1S/C9H10O4.C9H8O4.C8H8O3.C7H10NO3P.2C6H11NO5.C5H12NO6P.C3H7O5P.C2H8NO4P.C2H8NO3P.3Na/c10-7-3-1-6(5-8(7)11)2-4-9(12)13;10-7-3-1-6(2-4-7)5-8(11)9(12)13;9-7-3-1-6(2-4-7)5-8(10)11;8-7-3-1-6(2-4-7)5-12(9,10)11;2*1-4(3-11-2)12-6(10)7-5(8)9;1-4(3-11-2)12-5(7)6-13(8,9)10;4-9(5,6)8-2-3-1-7-3;3-1-2-7-8(4,5)6;3-1-2-7(4,5)6;;;/h1,3,5,10-11H,2,4H2,(H,12,13);1-4,10H,5H2,(H,12,13);1-4,9H,5H2,(H,10,11);1-4H,5,8H2,(H2,9,10,11);2*4H,3H2,1-2H3,(H,7,10)(H,8,9);4H,3H2,1-2H3,(H3,6,7,8,9,10);3H,1-2H2,(H2,4,5,6);1-3H2,(H2,4,5,6);1-3H2,(H2,4,5,6);;;/q;;;;;;;;;;3*+1/p-3. The van der Waals surface area contributed by atoms with Crippen molar-refractivity contribution in [2.45, 2.75) is 77.0 Å². The SMILES string of the molecule is COCC(C)OC(=O)NC(=O)O.COCC(C)OC(=O)NC(=O)[O-].COCC(C)OC(=O)NP(=O)(O)O.NCCOP(=O)(O)O.NCCP(=O)(O)O.Nc1ccc(CP(=O)(O)O)cc1.O=C(O)C(=O)Cc1ccc(O)cc1.O=C([O-])CCc1ccc(O)c(O)c1.O=C([O-])Cc1ccc(O)cc1.O=P(O)(O)OCC1CO1.[Na+].[Na+].[Na+]. The van der Waals surface area contributed by atoms with E-state index in [0.29, 0.717) is 34.5 Å². The number of carbonyl (C=O) groups is 9. The summed E-state index contributed by atoms with van der Waals surface area (Å²) in [5, 5.41) is 86.4. The van der Waals surface area contributed by atoms with E-state index in [-0.39, 0.29) is 202 Å². The zero-order valence-electron chi connectivity index (χ0n) is 62.1. The molecule has 25 N–H and O–H groups in total. The number of hydrogen-bond donors (Lipinski definition) is 22. The molecule has 0 aliphatic carbocycles. The van der Waals surface area contributed by atoms with E-state index in [9.17, 15) is 81.3 Å². The maximum Gasteiger partial charge on any atom is 1.00 e. The molecule has 5 amide bonds. The van der Waals surface area contributed by atoms with Gasteiger partial charge in [-0.15, -0.1) is 0 Å². The second-order valence-electron chi connectivity index (χ2n) is 20.6. The molecular formula is C57H90N6Na3O42P5. The summed E-state index contributed by atoms with van der Waals surface area (Å²) < 4.78 is 90.5. The number of anilines is 1. The van der Waals surface area contributed by atoms with Crippen LogP contribution in [0.4, 0.5) is 29.7 Å². The van der Waals surface area contributed by atoms with Gasteiger partial charge in [0.15, 0.2) is 11.5 Å². The number of carbonyl (C=O) groups excluding carboxylic acids is 7. The molecule has 1 fully saturated rings. The van der Waals surface area contributed by atoms with Gasteiger partial charge in [-0.3, -0.25) is 28.3 Å². The van der Waals surface area contributed by atoms with Crippen molar-refractivity contribution in [3.05, 3.63) is 113 Å². The summed E-state index contributed by atoms with van der Waals surface area (Å²) >= 11 is 0. The second kappa shape index (κ2) is 68.2. The number of hydrogen-bond acceptors (Lipinski definition) is 33. The van der Waals surface area contributed by atoms with E-state index in [1.54, 1.807) is 56.3 Å². The minimum atomic E-state index is -4.56. The normalized spacial score (nSPS) is 12.1. The number of amides is 5. The average Bonchev–Trinajstić information content (AvgIpc) is 1.89. The van der Waals surface area contributed by atoms with Crippen molar-refractivity contribution in [1.29, 1.82) is 0 Å². The summed E-state index contributed by atoms with van der Waals surface area (Å²) in [5.41, 5.74) is 18.1. The molecule has 1 aliphatic heterocycles. The maximum absolute atomic E-state index is 10.7. The van der Waals surface area contributed by atoms with Crippen LogP contribution in [-0.2, 0) is 110 Å². The summed E-state index contributed by atoms with van der Waals surface area (Å²) in [6.07, 6.45) is -8.46. The second-order valence-corrected chi connectivity index (χ2v) is 27.8. The molecular weight excluding hydrogens is 1660 g/mol. The molecule has 56 heteroatoms. The van der Waals surface area contributed by atoms with Gasteiger partial charge in [-0.1, -0.05) is 42.5 Å². The molecule has 4 atom stereocenters. The van der Waals surface area contributed by atoms with Crippen molar-refractivity contribution in [3.8, 4) is 23.0 Å². The summed E-state index contributed by atoms with van der Waals surface area (Å²) in [5.74, 6) is -4.77. The van der Waals surface area contributed by atoms with E-state index in [1.807, 2.05) is 0 Å². The molecule has 113 heavy (non-hydrogen) atoms. The van der Waals surface area contributed by atoms with Crippen LogP contribution in [-0.4, -0.2) is 238 Å². The van der Waals surface area contributed by atoms with Crippen molar-refractivity contribution in [3.63, 3.8) is 0 Å². The predicted octanol–water partition coefficient (Wildman–Crippen LogP) is -11.0. The zero-order valence-corrected chi connectivity index (χ0v) is 72.6. The number of phenolic OH excluding ortho intramolecular Hbond substituents is 4. The first-order valence-corrected chi connectivity index (χ1v) is 38.3. The number of carboxylic acid groups (broad SMARTS) is 5. The van der Waals surface area contributed by atoms with Gasteiger partial charge in [0.05, 0.1) is 52.0 Å². The van der Waals surface area contributed by atoms with E-state index in [4.69, 9.17) is 96.8 Å². The number of nitrogen functional groups attached to an aromatic ring is 1. The molecule has 0 bridgehead atoms. The molecule has 4 unspecified atom stereocenters. The number of aryl methyl sites for hydroxylation is 1. The van der Waals surface area contributed by atoms with Crippen LogP contribution in [0.1, 0.15) is 49.4 Å². The summed E-state index contributed by atoms with van der Waals surface area (Å²) in [6, 6.07) is 22.5. The molecule has 4 aromatic rings. The van der Waals surface area contributed by atoms with Crippen LogP contribution in [0.15, 0.2) is 91.0 Å². The number of alkyl carbamates (subject to hydrolysis) is 2. The average molecular weight is 1760 g/mol. The van der Waals surface area contributed by atoms with E-state index in [2.05, 4.69) is 42.2 Å². The van der Waals surface area contributed by atoms with Crippen molar-refractivity contribution >= 4 is 98.4 Å². The molecule has 1 aliphatic rings. The summed E-state index contributed by atoms with van der Waals surface area (Å²) in [7, 11) is -16.5. The maximum atomic E-state index is 10.7. The first-order valence-electron chi connectivity index (χ1n) is 30.0. The van der Waals surface area contributed by atoms with Gasteiger partial charge in [-0.05, 0) is 104 Å². The molecule has 1 saturated heterocycles. The van der Waals surface area contributed by atoms with Gasteiger partial charge in [0.1, 0.15) is 42.0 Å². The van der Waals surface area contributed by atoms with Crippen molar-refractivity contribution < 1.29 is 292 Å². The third kappa shape index (κ3) is 93.2. The number of methoxy groups -OCH3 is 3. The Hall–Kier alpha value is -5.86. The third-order valence-electron chi connectivity index (χ3n) is 10.3. The Morgan fingerprint density at radius 2 is 0.929 bits per heavy atom. The molecule has 48 nitrogen and oxygen atoms in total. The number of rotatable bonds is 28. The van der Waals surface area contributed by atoms with Gasteiger partial charge >= 0.3 is 158 Å². The van der Waals surface area contributed by atoms with Crippen molar-refractivity contribution in [2.75, 3.05) is 86.0 Å². The Bertz CT molecular complexity index is 3570. The van der Waals surface area contributed by atoms with Crippen LogP contribution in [0.3, 0.4) is 0 Å². The van der Waals surface area contributed by atoms with E-state index in [0.717, 1.165) is 0 Å². The Kier molecular flexibility index (Phi) is 74.1. The summed E-state index contributed by atoms with van der Waals surface area (Å²) in [6.45, 7) is 5.87. The molecule has 0 aromatic heterocycles. The van der Waals surface area contributed by atoms with Crippen LogP contribution in [0.25, 0.3) is 0 Å². The summed E-state index contributed by atoms with van der Waals surface area (Å²) in [4.78, 5) is 175. The Morgan fingerprint density at radius 1 is 0.531 bits per heavy atom. The number of ether oxygens (including phenoxy) is 7. The molecule has 0 radical (unpaired) electrons. The number of aliphatic carboxylic acids is 3. The van der Waals surface area contributed by atoms with Gasteiger partial charge in [0.2, 0.25) is 5.78 Å². The van der Waals surface area contributed by atoms with Gasteiger partial charge in [0.25, 0.3) is 0 Å². The first kappa shape index (κ1) is 123. The van der Waals surface area contributed by atoms with Crippen molar-refractivity contribution in [1.82, 2.24) is 15.7 Å². The molecule has 5 rings (SSSR count). The number of ketones is 1. The van der Waals surface area contributed by atoms with Gasteiger partial charge in [0, 0.05) is 64.9 Å². The van der Waals surface area contributed by atoms with Gasteiger partial charge < -0.3 is 160 Å². The van der Waals surface area contributed by atoms with Crippen LogP contribution >= 0.6 is 38.6 Å². The fourth-order valence-corrected chi connectivity index (χ4v) is 7.92. The van der Waals surface area contributed by atoms with Gasteiger partial charge in [-0.25, -0.2) is 48.1 Å². The smallest absolute Gasteiger partial charge is 0.550 e. The van der Waals surface area contributed by atoms with Crippen LogP contribution in [0.5, 0.6) is 23.0 Å². The number of epoxide rings is 1. The quantitative estimate of drug-likeness (QED) is 0.00477. The number of aromatic hydroxyl groups is 4. The third-order valence-corrected chi connectivity index (χ3v) is 13.4. The molecule has 0 spiro atoms. The zero-order chi connectivity index (χ0) is 86.2. The minimum Gasteiger partial charge on any atom is -0.550 e. The number of nitrogens with two attached hydrogens (primary N) is 3. The van der Waals surface area contributed by atoms with Crippen LogP contribution in [0.2, 0.25) is 0 Å². The Morgan fingerprint density at radius 3 is 1.23 bits per heavy atom. The predicted molar refractivity (Wildman–Crippen MR) is 370 cm³/mol. The van der Waals surface area contributed by atoms with E-state index >= 15 is 0 Å². The number of carboxylic acids is 3. The number of nitrogens with one attached hydrogen (secondary N) is 3. The first-order chi connectivity index (χ1) is 50.5. The Balaban J connectivity index is -0.000000181. The number of phosphoric ester groups is 2. The number of benzene rings is 4. The number of phosphoric acid groups is 2. The van der Waals surface area contributed by atoms with E-state index in [1.165, 1.54) is 92.5 Å². The molecule has 1 heterocycles. The van der Waals surface area contributed by atoms with E-state index < -0.39 is 111 Å². The molecule has 4 aromatic carbocycles.